The topological polar surface area (TPSA) is 50.3 Å². The lowest BCUT2D eigenvalue weighted by molar-refractivity contribution is 0.356. The number of rotatable bonds is 2. The van der Waals surface area contributed by atoms with E-state index in [-0.39, 0.29) is 9.72 Å². The molecule has 1 fully saturated rings. The molecule has 0 amide bonds. The Morgan fingerprint density at radius 1 is 1.41 bits per heavy atom. The highest BCUT2D eigenvalue weighted by Crippen LogP contribution is 2.24. The van der Waals surface area contributed by atoms with Crippen LogP contribution in [0.3, 0.4) is 0 Å². The second kappa shape index (κ2) is 5.34. The number of hydrogen-bond acceptors (Lipinski definition) is 3. The van der Waals surface area contributed by atoms with E-state index < -0.39 is 10.0 Å². The van der Waals surface area contributed by atoms with Crippen LogP contribution in [0.1, 0.15) is 12.8 Å². The summed E-state index contributed by atoms with van der Waals surface area (Å²) >= 11 is 6.71. The highest BCUT2D eigenvalue weighted by Gasteiger charge is 2.29. The molecule has 0 spiro atoms. The largest absolute Gasteiger partial charge is 0.262 e. The van der Waals surface area contributed by atoms with E-state index in [2.05, 4.69) is 36.8 Å². The number of piperidine rings is 1. The number of aromatic nitrogens is 1. The average Bonchev–Trinajstić information content (AvgIpc) is 2.29. The Hall–Kier alpha value is 0.0200. The van der Waals surface area contributed by atoms with E-state index in [0.29, 0.717) is 17.6 Å². The molecule has 94 valence electrons. The number of hydrogen-bond donors (Lipinski definition) is 0. The maximum atomic E-state index is 12.3. The fraction of sp³-hybridized carbons (Fsp3) is 0.500. The third kappa shape index (κ3) is 3.07. The van der Waals surface area contributed by atoms with Crippen molar-refractivity contribution in [2.45, 2.75) is 22.6 Å². The van der Waals surface area contributed by atoms with Crippen LogP contribution in [-0.2, 0) is 10.0 Å². The van der Waals surface area contributed by atoms with Gasteiger partial charge < -0.3 is 0 Å². The first-order valence-corrected chi connectivity index (χ1v) is 8.40. The summed E-state index contributed by atoms with van der Waals surface area (Å²) in [6.45, 7) is 1.10. The molecule has 0 saturated carbocycles. The van der Waals surface area contributed by atoms with Crippen molar-refractivity contribution in [2.75, 3.05) is 13.1 Å². The van der Waals surface area contributed by atoms with Crippen LogP contribution in [0.4, 0.5) is 0 Å². The molecule has 0 N–H and O–H groups in total. The van der Waals surface area contributed by atoms with Gasteiger partial charge in [0.2, 0.25) is 10.0 Å². The Bertz CT molecular complexity index is 507. The van der Waals surface area contributed by atoms with Crippen molar-refractivity contribution in [3.8, 4) is 0 Å². The van der Waals surface area contributed by atoms with Gasteiger partial charge in [0.05, 0.1) is 0 Å². The Kier molecular flexibility index (Phi) is 4.22. The van der Waals surface area contributed by atoms with Gasteiger partial charge in [-0.1, -0.05) is 15.9 Å². The van der Waals surface area contributed by atoms with Crippen molar-refractivity contribution in [1.82, 2.24) is 9.29 Å². The summed E-state index contributed by atoms with van der Waals surface area (Å²) in [6.07, 6.45) is 4.86. The third-order valence-corrected chi connectivity index (χ3v) is 5.66. The van der Waals surface area contributed by atoms with Gasteiger partial charge in [-0.05, 0) is 34.8 Å². The molecular formula is C10H12Br2N2O2S. The van der Waals surface area contributed by atoms with Gasteiger partial charge in [-0.2, -0.15) is 4.31 Å². The highest BCUT2D eigenvalue weighted by molar-refractivity contribution is 9.10. The van der Waals surface area contributed by atoms with Crippen LogP contribution in [0, 0.1) is 0 Å². The van der Waals surface area contributed by atoms with Crippen LogP contribution in [-0.4, -0.2) is 35.6 Å². The first-order chi connectivity index (χ1) is 8.00. The Labute approximate surface area is 118 Å². The molecule has 1 unspecified atom stereocenters. The summed E-state index contributed by atoms with van der Waals surface area (Å²) in [4.78, 5) is 4.39. The maximum Gasteiger partial charge on any atom is 0.244 e. The van der Waals surface area contributed by atoms with Gasteiger partial charge in [0, 0.05) is 34.8 Å². The molecule has 4 nitrogen and oxygen atoms in total. The zero-order valence-corrected chi connectivity index (χ0v) is 13.0. The summed E-state index contributed by atoms with van der Waals surface area (Å²) in [7, 11) is -3.41. The van der Waals surface area contributed by atoms with Crippen LogP contribution < -0.4 is 0 Å². The lowest BCUT2D eigenvalue weighted by atomic mass is 10.2. The van der Waals surface area contributed by atoms with Gasteiger partial charge in [-0.25, -0.2) is 8.42 Å². The number of alkyl halides is 1. The summed E-state index contributed by atoms with van der Waals surface area (Å²) in [5.41, 5.74) is 0. The zero-order valence-electron chi connectivity index (χ0n) is 9.01. The minimum Gasteiger partial charge on any atom is -0.262 e. The highest BCUT2D eigenvalue weighted by atomic mass is 79.9. The van der Waals surface area contributed by atoms with Crippen molar-refractivity contribution in [2.24, 2.45) is 0 Å². The molecule has 0 aliphatic carbocycles. The molecule has 0 bridgehead atoms. The minimum atomic E-state index is -3.41. The summed E-state index contributed by atoms with van der Waals surface area (Å²) < 4.78 is 26.8. The van der Waals surface area contributed by atoms with E-state index in [0.717, 1.165) is 12.8 Å². The average molecular weight is 384 g/mol. The summed E-state index contributed by atoms with van der Waals surface area (Å²) in [6, 6.07) is 1.58. The van der Waals surface area contributed by atoms with Gasteiger partial charge >= 0.3 is 0 Å². The number of pyridine rings is 1. The fourth-order valence-corrected chi connectivity index (χ4v) is 4.69. The van der Waals surface area contributed by atoms with E-state index in [4.69, 9.17) is 0 Å². The SMILES string of the molecule is O=S(=O)(c1cncc(Br)c1)N1CCCC(Br)C1. The number of sulfonamides is 1. The predicted octanol–water partition coefficient (Wildman–Crippen LogP) is 2.39. The molecule has 1 aliphatic heterocycles. The molecule has 1 aliphatic rings. The van der Waals surface area contributed by atoms with Gasteiger partial charge in [0.15, 0.2) is 0 Å². The summed E-state index contributed by atoms with van der Waals surface area (Å²) in [5, 5.41) is 0. The van der Waals surface area contributed by atoms with E-state index in [1.54, 1.807) is 12.3 Å². The smallest absolute Gasteiger partial charge is 0.244 e. The second-order valence-corrected chi connectivity index (χ2v) is 8.09. The van der Waals surface area contributed by atoms with Gasteiger partial charge in [0.1, 0.15) is 4.90 Å². The molecule has 2 heterocycles. The first kappa shape index (κ1) is 13.5. The van der Waals surface area contributed by atoms with E-state index in [1.807, 2.05) is 0 Å². The lowest BCUT2D eigenvalue weighted by Gasteiger charge is -2.29. The standard InChI is InChI=1S/C10H12Br2N2O2S/c11-8-2-1-3-14(7-8)17(15,16)10-4-9(12)5-13-6-10/h4-6,8H,1-3,7H2. The molecule has 0 radical (unpaired) electrons. The third-order valence-electron chi connectivity index (χ3n) is 2.64. The Balaban J connectivity index is 2.29. The van der Waals surface area contributed by atoms with E-state index in [1.165, 1.54) is 10.5 Å². The Morgan fingerprint density at radius 2 is 2.18 bits per heavy atom. The number of nitrogens with zero attached hydrogens (tertiary/aromatic N) is 2. The van der Waals surface area contributed by atoms with Crippen LogP contribution in [0.2, 0.25) is 0 Å². The first-order valence-electron chi connectivity index (χ1n) is 5.25. The molecule has 7 heteroatoms. The van der Waals surface area contributed by atoms with Crippen molar-refractivity contribution in [3.05, 3.63) is 22.9 Å². The molecule has 1 aromatic heterocycles. The van der Waals surface area contributed by atoms with Crippen LogP contribution in [0.25, 0.3) is 0 Å². The summed E-state index contributed by atoms with van der Waals surface area (Å²) in [5.74, 6) is 0. The Morgan fingerprint density at radius 3 is 2.82 bits per heavy atom. The maximum absolute atomic E-state index is 12.3. The van der Waals surface area contributed by atoms with Gasteiger partial charge in [-0.3, -0.25) is 4.98 Å². The van der Waals surface area contributed by atoms with Crippen molar-refractivity contribution >= 4 is 41.9 Å². The van der Waals surface area contributed by atoms with E-state index in [9.17, 15) is 8.42 Å². The van der Waals surface area contributed by atoms with Gasteiger partial charge in [0.25, 0.3) is 0 Å². The van der Waals surface area contributed by atoms with Crippen molar-refractivity contribution in [3.63, 3.8) is 0 Å². The minimum absolute atomic E-state index is 0.242. The van der Waals surface area contributed by atoms with E-state index >= 15 is 0 Å². The van der Waals surface area contributed by atoms with Crippen molar-refractivity contribution in [1.29, 1.82) is 0 Å². The normalized spacial score (nSPS) is 22.6. The molecular weight excluding hydrogens is 372 g/mol. The predicted molar refractivity (Wildman–Crippen MR) is 72.6 cm³/mol. The molecule has 2 rings (SSSR count). The van der Waals surface area contributed by atoms with Gasteiger partial charge in [-0.15, -0.1) is 0 Å². The van der Waals surface area contributed by atoms with Crippen LogP contribution >= 0.6 is 31.9 Å². The fourth-order valence-electron chi connectivity index (χ4n) is 1.79. The lowest BCUT2D eigenvalue weighted by Crippen LogP contribution is -2.40. The van der Waals surface area contributed by atoms with Crippen LogP contribution in [0.15, 0.2) is 27.8 Å². The zero-order chi connectivity index (χ0) is 12.5. The monoisotopic (exact) mass is 382 g/mol. The van der Waals surface area contributed by atoms with Crippen molar-refractivity contribution < 1.29 is 8.42 Å². The molecule has 1 atom stereocenters. The van der Waals surface area contributed by atoms with Crippen LogP contribution in [0.5, 0.6) is 0 Å². The molecule has 1 aromatic rings. The number of halogens is 2. The second-order valence-electron chi connectivity index (χ2n) is 3.94. The quantitative estimate of drug-likeness (QED) is 0.736. The molecule has 1 saturated heterocycles. The molecule has 17 heavy (non-hydrogen) atoms. The molecule has 0 aromatic carbocycles.